The first-order valence-electron chi connectivity index (χ1n) is 6.79. The Morgan fingerprint density at radius 1 is 1.00 bits per heavy atom. The van der Waals surface area contributed by atoms with Crippen molar-refractivity contribution in [3.05, 3.63) is 48.2 Å². The van der Waals surface area contributed by atoms with Crippen molar-refractivity contribution in [2.24, 2.45) is 0 Å². The van der Waals surface area contributed by atoms with Gasteiger partial charge in [-0.2, -0.15) is 0 Å². The van der Waals surface area contributed by atoms with Crippen molar-refractivity contribution in [3.8, 4) is 11.1 Å². The molecular formula is C16H17FN4. The summed E-state index contributed by atoms with van der Waals surface area (Å²) in [6, 6.07) is 7.54. The van der Waals surface area contributed by atoms with Gasteiger partial charge in [0.15, 0.2) is 11.6 Å². The van der Waals surface area contributed by atoms with E-state index in [4.69, 9.17) is 5.73 Å². The van der Waals surface area contributed by atoms with Crippen LogP contribution in [0.25, 0.3) is 22.2 Å². The molecule has 3 rings (SSSR count). The molecule has 0 radical (unpaired) electrons. The van der Waals surface area contributed by atoms with E-state index in [1.807, 2.05) is 45.0 Å². The molecule has 108 valence electrons. The summed E-state index contributed by atoms with van der Waals surface area (Å²) < 4.78 is 14.2. The second-order valence-electron chi connectivity index (χ2n) is 4.25. The molecule has 0 fully saturated rings. The number of nitrogen functional groups attached to an aromatic ring is 1. The quantitative estimate of drug-likeness (QED) is 0.739. The average molecular weight is 284 g/mol. The lowest BCUT2D eigenvalue weighted by Gasteiger charge is -2.10. The number of aromatic nitrogens is 3. The smallest absolute Gasteiger partial charge is 0.153 e. The molecule has 0 aliphatic carbocycles. The monoisotopic (exact) mass is 284 g/mol. The summed E-state index contributed by atoms with van der Waals surface area (Å²) >= 11 is 0. The molecule has 1 aromatic carbocycles. The second kappa shape index (κ2) is 6.26. The van der Waals surface area contributed by atoms with E-state index in [1.165, 1.54) is 6.33 Å². The highest BCUT2D eigenvalue weighted by atomic mass is 19.1. The normalized spacial score (nSPS) is 10.1. The van der Waals surface area contributed by atoms with Gasteiger partial charge >= 0.3 is 0 Å². The minimum Gasteiger partial charge on any atom is -0.382 e. The molecule has 0 saturated heterocycles. The van der Waals surface area contributed by atoms with Crippen LogP contribution in [0.3, 0.4) is 0 Å². The van der Waals surface area contributed by atoms with Crippen LogP contribution in [0, 0.1) is 12.7 Å². The van der Waals surface area contributed by atoms with E-state index >= 15 is 0 Å². The topological polar surface area (TPSA) is 64.7 Å². The van der Waals surface area contributed by atoms with Gasteiger partial charge in [-0.3, -0.25) is 0 Å². The number of aryl methyl sites for hydroxylation is 1. The van der Waals surface area contributed by atoms with Crippen molar-refractivity contribution in [3.63, 3.8) is 0 Å². The van der Waals surface area contributed by atoms with E-state index in [1.54, 1.807) is 0 Å². The first-order valence-corrected chi connectivity index (χ1v) is 6.79. The first kappa shape index (κ1) is 14.8. The second-order valence-corrected chi connectivity index (χ2v) is 4.25. The van der Waals surface area contributed by atoms with E-state index in [9.17, 15) is 4.39 Å². The van der Waals surface area contributed by atoms with Gasteiger partial charge in [-0.05, 0) is 18.1 Å². The van der Waals surface area contributed by atoms with Crippen molar-refractivity contribution in [1.82, 2.24) is 15.0 Å². The number of hydrogen-bond donors (Lipinski definition) is 1. The summed E-state index contributed by atoms with van der Waals surface area (Å²) in [5.74, 6) is -0.167. The van der Waals surface area contributed by atoms with Crippen molar-refractivity contribution >= 4 is 16.9 Å². The van der Waals surface area contributed by atoms with Gasteiger partial charge in [-0.1, -0.05) is 38.1 Å². The predicted octanol–water partition coefficient (Wildman–Crippen LogP) is 3.75. The van der Waals surface area contributed by atoms with Crippen molar-refractivity contribution in [2.75, 3.05) is 5.73 Å². The largest absolute Gasteiger partial charge is 0.382 e. The summed E-state index contributed by atoms with van der Waals surface area (Å²) in [6.45, 7) is 5.92. The fourth-order valence-electron chi connectivity index (χ4n) is 2.11. The summed E-state index contributed by atoms with van der Waals surface area (Å²) in [6.07, 6.45) is 2.48. The maximum atomic E-state index is 14.2. The third-order valence-corrected chi connectivity index (χ3v) is 3.05. The van der Waals surface area contributed by atoms with Crippen LogP contribution in [0.1, 0.15) is 19.4 Å². The minimum atomic E-state index is -0.417. The Bertz CT molecular complexity index is 771. The van der Waals surface area contributed by atoms with E-state index in [-0.39, 0.29) is 5.82 Å². The maximum absolute atomic E-state index is 14.2. The summed E-state index contributed by atoms with van der Waals surface area (Å²) in [7, 11) is 0. The number of anilines is 1. The fourth-order valence-corrected chi connectivity index (χ4v) is 2.11. The molecule has 3 aromatic rings. The molecular weight excluding hydrogens is 267 g/mol. The molecule has 2 N–H and O–H groups in total. The average Bonchev–Trinajstić information content (AvgIpc) is 2.51. The van der Waals surface area contributed by atoms with Gasteiger partial charge in [-0.25, -0.2) is 19.3 Å². The first-order chi connectivity index (χ1) is 10.2. The van der Waals surface area contributed by atoms with Crippen LogP contribution < -0.4 is 5.73 Å². The van der Waals surface area contributed by atoms with Crippen LogP contribution in [-0.4, -0.2) is 15.0 Å². The molecule has 4 nitrogen and oxygen atoms in total. The minimum absolute atomic E-state index is 0.250. The molecule has 0 atom stereocenters. The van der Waals surface area contributed by atoms with Crippen LogP contribution in [0.15, 0.2) is 36.8 Å². The third kappa shape index (κ3) is 2.67. The summed E-state index contributed by atoms with van der Waals surface area (Å²) in [5, 5.41) is 0. The molecule has 0 bridgehead atoms. The molecule has 0 unspecified atom stereocenters. The molecule has 2 aromatic heterocycles. The van der Waals surface area contributed by atoms with Crippen molar-refractivity contribution < 1.29 is 4.39 Å². The van der Waals surface area contributed by atoms with E-state index in [0.29, 0.717) is 16.6 Å². The van der Waals surface area contributed by atoms with Gasteiger partial charge in [-0.15, -0.1) is 0 Å². The van der Waals surface area contributed by atoms with Gasteiger partial charge in [0, 0.05) is 5.56 Å². The van der Waals surface area contributed by atoms with E-state index in [0.717, 1.165) is 17.3 Å². The number of pyridine rings is 1. The van der Waals surface area contributed by atoms with Crippen LogP contribution in [-0.2, 0) is 0 Å². The fraction of sp³-hybridized carbons (Fsp3) is 0.188. The van der Waals surface area contributed by atoms with Crippen LogP contribution >= 0.6 is 0 Å². The number of rotatable bonds is 1. The van der Waals surface area contributed by atoms with Gasteiger partial charge in [0.25, 0.3) is 0 Å². The highest BCUT2D eigenvalue weighted by molar-refractivity contribution is 5.96. The number of nitrogens with two attached hydrogens (primary N) is 1. The number of halogens is 1. The van der Waals surface area contributed by atoms with E-state index in [2.05, 4.69) is 15.0 Å². The van der Waals surface area contributed by atoms with Gasteiger partial charge in [0.05, 0.1) is 6.20 Å². The molecule has 21 heavy (non-hydrogen) atoms. The van der Waals surface area contributed by atoms with Crippen LogP contribution in [0.5, 0.6) is 0 Å². The summed E-state index contributed by atoms with van der Waals surface area (Å²) in [5.41, 5.74) is 8.77. The standard InChI is InChI=1S/C14H11FN4.C2H6/c1-8-4-2-3-5-9(8)11-10(15)6-17-13-12(11)18-7-19-14(13)16;1-2/h2-7H,1H3,(H2,16,18,19);1-2H3. The lowest BCUT2D eigenvalue weighted by molar-refractivity contribution is 0.627. The number of nitrogens with zero attached hydrogens (tertiary/aromatic N) is 3. The zero-order chi connectivity index (χ0) is 15.4. The SMILES string of the molecule is CC.Cc1ccccc1-c1c(F)cnc2c(N)ncnc12. The summed E-state index contributed by atoms with van der Waals surface area (Å²) in [4.78, 5) is 12.0. The lowest BCUT2D eigenvalue weighted by atomic mass is 9.99. The third-order valence-electron chi connectivity index (χ3n) is 3.05. The highest BCUT2D eigenvalue weighted by Gasteiger charge is 2.15. The Kier molecular flexibility index (Phi) is 4.42. The van der Waals surface area contributed by atoms with Crippen LogP contribution in [0.4, 0.5) is 10.2 Å². The zero-order valence-electron chi connectivity index (χ0n) is 12.3. The van der Waals surface area contributed by atoms with Gasteiger partial charge in [0.2, 0.25) is 0 Å². The van der Waals surface area contributed by atoms with Gasteiger partial charge in [0.1, 0.15) is 17.4 Å². The predicted molar refractivity (Wildman–Crippen MR) is 83.2 cm³/mol. The maximum Gasteiger partial charge on any atom is 0.153 e. The molecule has 0 aliphatic rings. The van der Waals surface area contributed by atoms with Crippen LogP contribution in [0.2, 0.25) is 0 Å². The van der Waals surface area contributed by atoms with E-state index < -0.39 is 5.82 Å². The van der Waals surface area contributed by atoms with Crippen molar-refractivity contribution in [1.29, 1.82) is 0 Å². The molecule has 0 amide bonds. The van der Waals surface area contributed by atoms with Gasteiger partial charge < -0.3 is 5.73 Å². The molecule has 0 spiro atoms. The van der Waals surface area contributed by atoms with Crippen molar-refractivity contribution in [2.45, 2.75) is 20.8 Å². The zero-order valence-corrected chi connectivity index (χ0v) is 12.3. The number of fused-ring (bicyclic) bond motifs is 1. The Hall–Kier alpha value is -2.56. The molecule has 0 aliphatic heterocycles. The Balaban J connectivity index is 0.000000774. The highest BCUT2D eigenvalue weighted by Crippen LogP contribution is 2.31. The molecule has 5 heteroatoms. The Morgan fingerprint density at radius 2 is 1.71 bits per heavy atom. The lowest BCUT2D eigenvalue weighted by Crippen LogP contribution is -1.99. The Morgan fingerprint density at radius 3 is 2.43 bits per heavy atom. The molecule has 0 saturated carbocycles. The number of hydrogen-bond acceptors (Lipinski definition) is 4. The number of benzene rings is 1. The molecule has 2 heterocycles. The Labute approximate surface area is 122 Å².